The number of hydrogen-bond donors (Lipinski definition) is 2. The minimum Gasteiger partial charge on any atom is -0.424 e. The van der Waals surface area contributed by atoms with E-state index in [1.54, 1.807) is 6.92 Å². The molecule has 0 amide bonds. The first-order chi connectivity index (χ1) is 6.65. The van der Waals surface area contributed by atoms with Crippen LogP contribution in [0.2, 0.25) is 0 Å². The number of nitrogens with zero attached hydrogens (tertiary/aromatic N) is 3. The fourth-order valence-electron chi connectivity index (χ4n) is 1.57. The monoisotopic (exact) mass is 199 g/mol. The van der Waals surface area contributed by atoms with Crippen molar-refractivity contribution in [3.63, 3.8) is 0 Å². The highest BCUT2D eigenvalue weighted by Gasteiger charge is 2.30. The van der Waals surface area contributed by atoms with Crippen molar-refractivity contribution in [2.24, 2.45) is 0 Å². The van der Waals surface area contributed by atoms with Gasteiger partial charge in [-0.3, -0.25) is 4.90 Å². The third-order valence-corrected chi connectivity index (χ3v) is 2.26. The average molecular weight is 199 g/mol. The van der Waals surface area contributed by atoms with Crippen LogP contribution in [0.4, 0.5) is 0 Å². The van der Waals surface area contributed by atoms with Gasteiger partial charge in [-0.2, -0.15) is 0 Å². The zero-order chi connectivity index (χ0) is 10.1. The summed E-state index contributed by atoms with van der Waals surface area (Å²) < 4.78 is 5.19. The Bertz CT molecular complexity index is 305. The number of aryl methyl sites for hydroxylation is 1. The van der Waals surface area contributed by atoms with E-state index in [9.17, 15) is 10.2 Å². The van der Waals surface area contributed by atoms with Crippen LogP contribution in [0.1, 0.15) is 11.8 Å². The Hall–Kier alpha value is -0.980. The molecule has 0 radical (unpaired) electrons. The topological polar surface area (TPSA) is 82.6 Å². The third kappa shape index (κ3) is 1.92. The van der Waals surface area contributed by atoms with Gasteiger partial charge in [0.05, 0.1) is 18.8 Å². The lowest BCUT2D eigenvalue weighted by molar-refractivity contribution is 0.0572. The van der Waals surface area contributed by atoms with Crippen LogP contribution in [-0.2, 0) is 6.54 Å². The highest BCUT2D eigenvalue weighted by Crippen LogP contribution is 2.13. The average Bonchev–Trinajstić information content (AvgIpc) is 2.62. The molecular formula is C8H13N3O3. The molecule has 0 saturated carbocycles. The Morgan fingerprint density at radius 2 is 2.00 bits per heavy atom. The van der Waals surface area contributed by atoms with Crippen molar-refractivity contribution in [1.29, 1.82) is 0 Å². The van der Waals surface area contributed by atoms with Gasteiger partial charge in [-0.05, 0) is 0 Å². The highest BCUT2D eigenvalue weighted by molar-refractivity contribution is 4.87. The van der Waals surface area contributed by atoms with Gasteiger partial charge in [0.25, 0.3) is 0 Å². The molecule has 0 aliphatic carbocycles. The van der Waals surface area contributed by atoms with Gasteiger partial charge in [0.15, 0.2) is 0 Å². The van der Waals surface area contributed by atoms with Gasteiger partial charge in [0.1, 0.15) is 0 Å². The molecule has 6 heteroatoms. The lowest BCUT2D eigenvalue weighted by Gasteiger charge is -2.10. The number of likely N-dealkylation sites (tertiary alicyclic amines) is 1. The van der Waals surface area contributed by atoms with Crippen LogP contribution in [0.25, 0.3) is 0 Å². The largest absolute Gasteiger partial charge is 0.424 e. The molecule has 78 valence electrons. The van der Waals surface area contributed by atoms with E-state index in [0.717, 1.165) is 0 Å². The van der Waals surface area contributed by atoms with E-state index in [1.165, 1.54) is 0 Å². The van der Waals surface area contributed by atoms with Crippen LogP contribution in [0.5, 0.6) is 0 Å². The molecule has 2 rings (SSSR count). The van der Waals surface area contributed by atoms with Crippen molar-refractivity contribution in [2.75, 3.05) is 13.1 Å². The molecule has 1 fully saturated rings. The van der Waals surface area contributed by atoms with Gasteiger partial charge < -0.3 is 14.6 Å². The predicted octanol–water partition coefficient (Wildman–Crippen LogP) is -1.08. The smallest absolute Gasteiger partial charge is 0.230 e. The van der Waals surface area contributed by atoms with Crippen molar-refractivity contribution < 1.29 is 14.6 Å². The summed E-state index contributed by atoms with van der Waals surface area (Å²) in [6.07, 6.45) is -1.34. The Balaban J connectivity index is 1.93. The molecule has 6 nitrogen and oxygen atoms in total. The summed E-state index contributed by atoms with van der Waals surface area (Å²) in [5, 5.41) is 26.1. The molecule has 0 bridgehead atoms. The van der Waals surface area contributed by atoms with Crippen molar-refractivity contribution >= 4 is 0 Å². The van der Waals surface area contributed by atoms with E-state index < -0.39 is 12.2 Å². The molecule has 1 aliphatic rings. The standard InChI is InChI=1S/C8H13N3O3/c1-5-9-10-8(14-5)4-11-2-6(12)7(13)3-11/h6-7,12-13H,2-4H2,1H3/t6-,7+. The minimum absolute atomic E-state index is 0.447. The summed E-state index contributed by atoms with van der Waals surface area (Å²) in [7, 11) is 0. The van der Waals surface area contributed by atoms with E-state index in [1.807, 2.05) is 4.90 Å². The second-order valence-corrected chi connectivity index (χ2v) is 3.54. The maximum Gasteiger partial charge on any atom is 0.230 e. The zero-order valence-corrected chi connectivity index (χ0v) is 7.92. The summed E-state index contributed by atoms with van der Waals surface area (Å²) in [6, 6.07) is 0. The minimum atomic E-state index is -0.668. The number of hydrogen-bond acceptors (Lipinski definition) is 6. The Kier molecular flexibility index (Phi) is 2.49. The van der Waals surface area contributed by atoms with Crippen molar-refractivity contribution in [3.05, 3.63) is 11.8 Å². The fraction of sp³-hybridized carbons (Fsp3) is 0.750. The molecule has 14 heavy (non-hydrogen) atoms. The second-order valence-electron chi connectivity index (χ2n) is 3.54. The first kappa shape index (κ1) is 9.57. The number of aliphatic hydroxyl groups excluding tert-OH is 2. The lowest BCUT2D eigenvalue weighted by atomic mass is 10.3. The summed E-state index contributed by atoms with van der Waals surface area (Å²) in [5.74, 6) is 1.05. The van der Waals surface area contributed by atoms with Crippen LogP contribution in [0, 0.1) is 6.92 Å². The Labute approximate surface area is 81.2 Å². The van der Waals surface area contributed by atoms with E-state index in [-0.39, 0.29) is 0 Å². The summed E-state index contributed by atoms with van der Waals surface area (Å²) >= 11 is 0. The molecule has 0 spiro atoms. The Morgan fingerprint density at radius 3 is 2.50 bits per heavy atom. The van der Waals surface area contributed by atoms with Crippen molar-refractivity contribution in [2.45, 2.75) is 25.7 Å². The summed E-state index contributed by atoms with van der Waals surface area (Å²) in [5.41, 5.74) is 0. The van der Waals surface area contributed by atoms with Gasteiger partial charge in [-0.25, -0.2) is 0 Å². The molecule has 2 atom stereocenters. The van der Waals surface area contributed by atoms with Gasteiger partial charge in [0, 0.05) is 20.0 Å². The number of β-amino-alcohol motifs (C(OH)–C–C–N with tert-alkyl or cyclic N) is 2. The Morgan fingerprint density at radius 1 is 1.36 bits per heavy atom. The normalized spacial score (nSPS) is 28.5. The molecule has 1 aromatic heterocycles. The molecular weight excluding hydrogens is 186 g/mol. The number of aliphatic hydroxyl groups is 2. The highest BCUT2D eigenvalue weighted by atomic mass is 16.4. The predicted molar refractivity (Wildman–Crippen MR) is 46.3 cm³/mol. The number of rotatable bonds is 2. The number of aromatic nitrogens is 2. The molecule has 1 aromatic rings. The van der Waals surface area contributed by atoms with Gasteiger partial charge >= 0.3 is 0 Å². The third-order valence-electron chi connectivity index (χ3n) is 2.26. The van der Waals surface area contributed by atoms with E-state index in [4.69, 9.17) is 4.42 Å². The van der Waals surface area contributed by atoms with Crippen LogP contribution in [0.3, 0.4) is 0 Å². The summed E-state index contributed by atoms with van der Waals surface area (Å²) in [6.45, 7) is 3.10. The van der Waals surface area contributed by atoms with Crippen LogP contribution in [-0.4, -0.2) is 50.6 Å². The molecule has 2 N–H and O–H groups in total. The second kappa shape index (κ2) is 3.64. The molecule has 0 aromatic carbocycles. The van der Waals surface area contributed by atoms with Gasteiger partial charge in [0.2, 0.25) is 11.8 Å². The SMILES string of the molecule is Cc1nnc(CN2C[C@@H](O)[C@@H](O)C2)o1. The van der Waals surface area contributed by atoms with Gasteiger partial charge in [-0.1, -0.05) is 0 Å². The fourth-order valence-corrected chi connectivity index (χ4v) is 1.57. The van der Waals surface area contributed by atoms with Crippen LogP contribution < -0.4 is 0 Å². The quantitative estimate of drug-likeness (QED) is 0.630. The van der Waals surface area contributed by atoms with E-state index >= 15 is 0 Å². The zero-order valence-electron chi connectivity index (χ0n) is 7.92. The van der Waals surface area contributed by atoms with E-state index in [0.29, 0.717) is 31.4 Å². The van der Waals surface area contributed by atoms with Crippen molar-refractivity contribution in [3.8, 4) is 0 Å². The van der Waals surface area contributed by atoms with Crippen molar-refractivity contribution in [1.82, 2.24) is 15.1 Å². The maximum atomic E-state index is 9.29. The molecule has 1 saturated heterocycles. The first-order valence-corrected chi connectivity index (χ1v) is 4.52. The summed E-state index contributed by atoms with van der Waals surface area (Å²) in [4.78, 5) is 1.88. The molecule has 1 aliphatic heterocycles. The van der Waals surface area contributed by atoms with Crippen LogP contribution in [0.15, 0.2) is 4.42 Å². The molecule has 0 unspecified atom stereocenters. The lowest BCUT2D eigenvalue weighted by Crippen LogP contribution is -2.22. The van der Waals surface area contributed by atoms with Gasteiger partial charge in [-0.15, -0.1) is 10.2 Å². The van der Waals surface area contributed by atoms with E-state index in [2.05, 4.69) is 10.2 Å². The first-order valence-electron chi connectivity index (χ1n) is 4.52. The maximum absolute atomic E-state index is 9.29. The molecule has 2 heterocycles. The van der Waals surface area contributed by atoms with Crippen LogP contribution >= 0.6 is 0 Å².